The van der Waals surface area contributed by atoms with Gasteiger partial charge in [0.2, 0.25) is 0 Å². The number of nitrogens with one attached hydrogen (secondary N) is 1. The van der Waals surface area contributed by atoms with Crippen LogP contribution in [0, 0.1) is 5.92 Å². The first-order chi connectivity index (χ1) is 8.65. The predicted octanol–water partition coefficient (Wildman–Crippen LogP) is 1.44. The van der Waals surface area contributed by atoms with Crippen LogP contribution in [0.2, 0.25) is 0 Å². The van der Waals surface area contributed by atoms with Gasteiger partial charge in [-0.3, -0.25) is 4.79 Å². The molecular weight excluding hydrogens is 234 g/mol. The van der Waals surface area contributed by atoms with Crippen LogP contribution < -0.4 is 14.8 Å². The molecule has 0 bridgehead atoms. The number of hydrogen-bond acceptors (Lipinski definition) is 4. The van der Waals surface area contributed by atoms with Crippen LogP contribution >= 0.6 is 0 Å². The summed E-state index contributed by atoms with van der Waals surface area (Å²) in [4.78, 5) is 10.9. The lowest BCUT2D eigenvalue weighted by atomic mass is 10.00. The Hall–Kier alpha value is -1.75. The third-order valence-electron chi connectivity index (χ3n) is 3.29. The average molecular weight is 251 g/mol. The zero-order chi connectivity index (χ0) is 13.1. The van der Waals surface area contributed by atoms with E-state index in [0.29, 0.717) is 24.5 Å². The SMILES string of the molecule is COc1ccc(C2CC(C(=O)O)CN2)cc1OC. The molecular formula is C13H17NO4. The van der Waals surface area contributed by atoms with Crippen molar-refractivity contribution in [2.24, 2.45) is 5.92 Å². The van der Waals surface area contributed by atoms with E-state index in [4.69, 9.17) is 14.6 Å². The van der Waals surface area contributed by atoms with E-state index >= 15 is 0 Å². The Bertz CT molecular complexity index is 447. The second-order valence-electron chi connectivity index (χ2n) is 4.35. The lowest BCUT2D eigenvalue weighted by Gasteiger charge is -2.14. The molecule has 2 unspecified atom stereocenters. The maximum absolute atomic E-state index is 10.9. The van der Waals surface area contributed by atoms with Crippen LogP contribution in [0.15, 0.2) is 18.2 Å². The van der Waals surface area contributed by atoms with E-state index in [-0.39, 0.29) is 12.0 Å². The summed E-state index contributed by atoms with van der Waals surface area (Å²) in [7, 11) is 3.18. The van der Waals surface area contributed by atoms with E-state index in [2.05, 4.69) is 5.32 Å². The monoisotopic (exact) mass is 251 g/mol. The summed E-state index contributed by atoms with van der Waals surface area (Å²) in [5, 5.41) is 12.2. The molecule has 1 aliphatic heterocycles. The van der Waals surface area contributed by atoms with Gasteiger partial charge in [-0.25, -0.2) is 0 Å². The Morgan fingerprint density at radius 3 is 2.61 bits per heavy atom. The fourth-order valence-corrected chi connectivity index (χ4v) is 2.25. The van der Waals surface area contributed by atoms with Gasteiger partial charge in [-0.1, -0.05) is 6.07 Å². The van der Waals surface area contributed by atoms with Gasteiger partial charge in [0, 0.05) is 12.6 Å². The smallest absolute Gasteiger partial charge is 0.307 e. The summed E-state index contributed by atoms with van der Waals surface area (Å²) in [5.41, 5.74) is 1.02. The third-order valence-corrected chi connectivity index (χ3v) is 3.29. The number of carboxylic acids is 1. The van der Waals surface area contributed by atoms with Gasteiger partial charge in [0.25, 0.3) is 0 Å². The summed E-state index contributed by atoms with van der Waals surface area (Å²) in [5.74, 6) is 0.276. The molecule has 1 aliphatic rings. The molecule has 0 spiro atoms. The van der Waals surface area contributed by atoms with Gasteiger partial charge < -0.3 is 19.9 Å². The Morgan fingerprint density at radius 1 is 1.33 bits per heavy atom. The Balaban J connectivity index is 2.17. The quantitative estimate of drug-likeness (QED) is 0.847. The molecule has 5 nitrogen and oxygen atoms in total. The van der Waals surface area contributed by atoms with Crippen molar-refractivity contribution in [2.45, 2.75) is 12.5 Å². The van der Waals surface area contributed by atoms with Crippen molar-refractivity contribution in [3.8, 4) is 11.5 Å². The van der Waals surface area contributed by atoms with Crippen LogP contribution in [0.1, 0.15) is 18.0 Å². The van der Waals surface area contributed by atoms with Gasteiger partial charge in [0.15, 0.2) is 11.5 Å². The molecule has 0 aliphatic carbocycles. The second kappa shape index (κ2) is 5.27. The van der Waals surface area contributed by atoms with Crippen molar-refractivity contribution in [1.29, 1.82) is 0 Å². The average Bonchev–Trinajstić information content (AvgIpc) is 2.87. The minimum absolute atomic E-state index is 0.0610. The van der Waals surface area contributed by atoms with Crippen molar-refractivity contribution in [1.82, 2.24) is 5.32 Å². The molecule has 0 saturated carbocycles. The molecule has 0 aromatic heterocycles. The molecule has 2 N–H and O–H groups in total. The number of carbonyl (C=O) groups is 1. The van der Waals surface area contributed by atoms with Gasteiger partial charge in [-0.15, -0.1) is 0 Å². The number of ether oxygens (including phenoxy) is 2. The lowest BCUT2D eigenvalue weighted by molar-refractivity contribution is -0.141. The van der Waals surface area contributed by atoms with E-state index in [1.807, 2.05) is 18.2 Å². The number of rotatable bonds is 4. The summed E-state index contributed by atoms with van der Waals surface area (Å²) in [6.07, 6.45) is 0.602. The third kappa shape index (κ3) is 2.41. The molecule has 2 atom stereocenters. The Morgan fingerprint density at radius 2 is 2.06 bits per heavy atom. The van der Waals surface area contributed by atoms with E-state index in [9.17, 15) is 4.79 Å². The van der Waals surface area contributed by atoms with Crippen molar-refractivity contribution in [3.05, 3.63) is 23.8 Å². The van der Waals surface area contributed by atoms with Crippen LogP contribution in [-0.2, 0) is 4.79 Å². The normalized spacial score (nSPS) is 22.8. The highest BCUT2D eigenvalue weighted by molar-refractivity contribution is 5.70. The second-order valence-corrected chi connectivity index (χ2v) is 4.35. The van der Waals surface area contributed by atoms with Crippen molar-refractivity contribution >= 4 is 5.97 Å². The minimum atomic E-state index is -0.745. The highest BCUT2D eigenvalue weighted by Gasteiger charge is 2.30. The number of carboxylic acid groups (broad SMARTS) is 1. The van der Waals surface area contributed by atoms with Crippen molar-refractivity contribution < 1.29 is 19.4 Å². The van der Waals surface area contributed by atoms with Gasteiger partial charge in [-0.05, 0) is 24.1 Å². The van der Waals surface area contributed by atoms with Crippen molar-refractivity contribution in [2.75, 3.05) is 20.8 Å². The molecule has 2 rings (SSSR count). The van der Waals surface area contributed by atoms with Crippen LogP contribution in [0.25, 0.3) is 0 Å². The van der Waals surface area contributed by atoms with Gasteiger partial charge in [-0.2, -0.15) is 0 Å². The van der Waals surface area contributed by atoms with E-state index in [1.165, 1.54) is 0 Å². The van der Waals surface area contributed by atoms with E-state index in [0.717, 1.165) is 5.56 Å². The summed E-state index contributed by atoms with van der Waals surface area (Å²) < 4.78 is 10.4. The van der Waals surface area contributed by atoms with Gasteiger partial charge in [0.1, 0.15) is 0 Å². The van der Waals surface area contributed by atoms with Crippen LogP contribution in [0.3, 0.4) is 0 Å². The zero-order valence-corrected chi connectivity index (χ0v) is 10.5. The maximum Gasteiger partial charge on any atom is 0.307 e. The predicted molar refractivity (Wildman–Crippen MR) is 66.0 cm³/mol. The van der Waals surface area contributed by atoms with Crippen LogP contribution in [0.5, 0.6) is 11.5 Å². The number of benzene rings is 1. The Kier molecular flexibility index (Phi) is 3.72. The first-order valence-electron chi connectivity index (χ1n) is 5.83. The molecule has 1 aromatic rings. The standard InChI is InChI=1S/C13H17NO4/c1-17-11-4-3-8(6-12(11)18-2)10-5-9(7-14-10)13(15)16/h3-4,6,9-10,14H,5,7H2,1-2H3,(H,15,16). The molecule has 5 heteroatoms. The van der Waals surface area contributed by atoms with Crippen molar-refractivity contribution in [3.63, 3.8) is 0 Å². The van der Waals surface area contributed by atoms with E-state index in [1.54, 1.807) is 14.2 Å². The summed E-state index contributed by atoms with van der Waals surface area (Å²) >= 11 is 0. The van der Waals surface area contributed by atoms with E-state index < -0.39 is 5.97 Å². The first-order valence-corrected chi connectivity index (χ1v) is 5.83. The maximum atomic E-state index is 10.9. The van der Waals surface area contributed by atoms with Gasteiger partial charge in [0.05, 0.1) is 20.1 Å². The summed E-state index contributed by atoms with van der Waals surface area (Å²) in [6, 6.07) is 5.72. The molecule has 0 radical (unpaired) electrons. The fraction of sp³-hybridized carbons (Fsp3) is 0.462. The van der Waals surface area contributed by atoms with Crippen LogP contribution in [0.4, 0.5) is 0 Å². The summed E-state index contributed by atoms with van der Waals surface area (Å²) in [6.45, 7) is 0.508. The minimum Gasteiger partial charge on any atom is -0.493 e. The molecule has 1 aromatic carbocycles. The molecule has 98 valence electrons. The van der Waals surface area contributed by atoms with Gasteiger partial charge >= 0.3 is 5.97 Å². The highest BCUT2D eigenvalue weighted by Crippen LogP contribution is 2.33. The number of methoxy groups -OCH3 is 2. The first kappa shape index (κ1) is 12.7. The van der Waals surface area contributed by atoms with Crippen LogP contribution in [-0.4, -0.2) is 31.8 Å². The Labute approximate surface area is 106 Å². The molecule has 0 amide bonds. The largest absolute Gasteiger partial charge is 0.493 e. The highest BCUT2D eigenvalue weighted by atomic mass is 16.5. The lowest BCUT2D eigenvalue weighted by Crippen LogP contribution is -2.17. The fourth-order valence-electron chi connectivity index (χ4n) is 2.25. The number of aliphatic carboxylic acids is 1. The molecule has 1 saturated heterocycles. The topological polar surface area (TPSA) is 67.8 Å². The molecule has 1 heterocycles. The molecule has 18 heavy (non-hydrogen) atoms. The molecule has 1 fully saturated rings. The number of hydrogen-bond donors (Lipinski definition) is 2. The zero-order valence-electron chi connectivity index (χ0n) is 10.5.